The number of sulfonamides is 1. The molecule has 0 fully saturated rings. The van der Waals surface area contributed by atoms with Gasteiger partial charge in [0.2, 0.25) is 21.8 Å². The first kappa shape index (κ1) is 29.4. The van der Waals surface area contributed by atoms with E-state index < -0.39 is 34.1 Å². The lowest BCUT2D eigenvalue weighted by atomic mass is 10.1. The van der Waals surface area contributed by atoms with Crippen molar-refractivity contribution in [2.45, 2.75) is 52.7 Å². The molecular formula is C24H30BrCl2N3O4S. The summed E-state index contributed by atoms with van der Waals surface area (Å²) in [7, 11) is -3.80. The number of aryl methyl sites for hydroxylation is 1. The molecule has 2 aromatic carbocycles. The number of carbonyl (C=O) groups is 2. The fraction of sp³-hybridized carbons (Fsp3) is 0.417. The van der Waals surface area contributed by atoms with Crippen molar-refractivity contribution in [3.8, 4) is 0 Å². The molecule has 0 aromatic heterocycles. The monoisotopic (exact) mass is 605 g/mol. The van der Waals surface area contributed by atoms with Gasteiger partial charge >= 0.3 is 0 Å². The van der Waals surface area contributed by atoms with Crippen LogP contribution in [0.15, 0.2) is 40.9 Å². The number of anilines is 1. The van der Waals surface area contributed by atoms with E-state index in [4.69, 9.17) is 23.2 Å². The van der Waals surface area contributed by atoms with E-state index in [0.717, 1.165) is 20.6 Å². The number of hydrogen-bond donors (Lipinski definition) is 1. The highest BCUT2D eigenvalue weighted by atomic mass is 79.9. The van der Waals surface area contributed by atoms with Gasteiger partial charge < -0.3 is 10.2 Å². The number of carbonyl (C=O) groups excluding carboxylic acids is 2. The maximum atomic E-state index is 13.6. The van der Waals surface area contributed by atoms with Gasteiger partial charge in [-0.2, -0.15) is 0 Å². The Bertz CT molecular complexity index is 1220. The number of amides is 2. The van der Waals surface area contributed by atoms with Crippen LogP contribution in [0.4, 0.5) is 5.69 Å². The second-order valence-electron chi connectivity index (χ2n) is 9.39. The van der Waals surface area contributed by atoms with Crippen molar-refractivity contribution in [2.75, 3.05) is 17.1 Å². The summed E-state index contributed by atoms with van der Waals surface area (Å²) in [6, 6.07) is 9.06. The number of benzene rings is 2. The van der Waals surface area contributed by atoms with E-state index >= 15 is 0 Å². The molecule has 0 heterocycles. The molecule has 0 saturated carbocycles. The minimum absolute atomic E-state index is 0.0332. The first-order valence-electron chi connectivity index (χ1n) is 10.8. The van der Waals surface area contributed by atoms with Crippen LogP contribution >= 0.6 is 39.1 Å². The SMILES string of the molecule is Cc1cc(N(CC(=O)N(Cc2ccc(Cl)c(Cl)c2)C(C)C(=O)NC(C)(C)C)S(C)(=O)=O)ccc1Br. The third-order valence-electron chi connectivity index (χ3n) is 5.11. The largest absolute Gasteiger partial charge is 0.350 e. The zero-order valence-electron chi connectivity index (χ0n) is 20.5. The molecule has 1 N–H and O–H groups in total. The van der Waals surface area contributed by atoms with E-state index in [-0.39, 0.29) is 12.5 Å². The molecule has 2 aromatic rings. The second-order valence-corrected chi connectivity index (χ2v) is 13.0. The molecule has 11 heteroatoms. The van der Waals surface area contributed by atoms with Crippen LogP contribution in [0.1, 0.15) is 38.8 Å². The molecule has 2 amide bonds. The highest BCUT2D eigenvalue weighted by molar-refractivity contribution is 9.10. The summed E-state index contributed by atoms with van der Waals surface area (Å²) in [5, 5.41) is 3.55. The zero-order valence-corrected chi connectivity index (χ0v) is 24.4. The van der Waals surface area contributed by atoms with Gasteiger partial charge in [-0.1, -0.05) is 45.2 Å². The van der Waals surface area contributed by atoms with E-state index in [1.54, 1.807) is 43.3 Å². The van der Waals surface area contributed by atoms with Gasteiger partial charge in [-0.25, -0.2) is 8.42 Å². The lowest BCUT2D eigenvalue weighted by Gasteiger charge is -2.33. The van der Waals surface area contributed by atoms with Gasteiger partial charge in [-0.05, 0) is 76.1 Å². The van der Waals surface area contributed by atoms with Gasteiger partial charge in [-0.15, -0.1) is 0 Å². The van der Waals surface area contributed by atoms with Gasteiger partial charge in [0, 0.05) is 16.6 Å². The predicted molar refractivity (Wildman–Crippen MR) is 145 cm³/mol. The number of nitrogens with zero attached hydrogens (tertiary/aromatic N) is 2. The van der Waals surface area contributed by atoms with Crippen LogP contribution in [0, 0.1) is 6.92 Å². The average molecular weight is 607 g/mol. The van der Waals surface area contributed by atoms with Gasteiger partial charge in [0.15, 0.2) is 0 Å². The summed E-state index contributed by atoms with van der Waals surface area (Å²) in [5.41, 5.74) is 1.29. The summed E-state index contributed by atoms with van der Waals surface area (Å²) in [6.07, 6.45) is 1.04. The first-order valence-corrected chi connectivity index (χ1v) is 14.2. The van der Waals surface area contributed by atoms with Crippen LogP contribution in [0.25, 0.3) is 0 Å². The molecule has 0 aliphatic heterocycles. The topological polar surface area (TPSA) is 86.8 Å². The molecule has 35 heavy (non-hydrogen) atoms. The standard InChI is InChI=1S/C24H30BrCl2N3O4S/c1-15-11-18(8-9-19(15)25)30(35(6,33)34)14-22(31)29(16(2)23(32)28-24(3,4)5)13-17-7-10-20(26)21(27)12-17/h7-12,16H,13-14H2,1-6H3,(H,28,32). The Morgan fingerprint density at radius 3 is 2.23 bits per heavy atom. The Morgan fingerprint density at radius 2 is 1.71 bits per heavy atom. The lowest BCUT2D eigenvalue weighted by molar-refractivity contribution is -0.140. The van der Waals surface area contributed by atoms with E-state index in [9.17, 15) is 18.0 Å². The second kappa shape index (κ2) is 11.5. The average Bonchev–Trinajstić information content (AvgIpc) is 2.72. The molecule has 7 nitrogen and oxygen atoms in total. The van der Waals surface area contributed by atoms with Crippen molar-refractivity contribution in [1.29, 1.82) is 0 Å². The Labute approximate surface area is 225 Å². The molecule has 0 aliphatic rings. The highest BCUT2D eigenvalue weighted by Gasteiger charge is 2.31. The number of nitrogens with one attached hydrogen (secondary N) is 1. The van der Waals surface area contributed by atoms with Gasteiger partial charge in [0.25, 0.3) is 0 Å². The molecule has 192 valence electrons. The summed E-state index contributed by atoms with van der Waals surface area (Å²) in [4.78, 5) is 27.9. The van der Waals surface area contributed by atoms with Crippen molar-refractivity contribution in [3.63, 3.8) is 0 Å². The third-order valence-corrected chi connectivity index (χ3v) is 7.88. The Kier molecular flexibility index (Phi) is 9.66. The number of hydrogen-bond acceptors (Lipinski definition) is 4. The van der Waals surface area contributed by atoms with E-state index in [1.165, 1.54) is 4.90 Å². The lowest BCUT2D eigenvalue weighted by Crippen LogP contribution is -2.54. The summed E-state index contributed by atoms with van der Waals surface area (Å²) >= 11 is 15.6. The summed E-state index contributed by atoms with van der Waals surface area (Å²) in [5.74, 6) is -0.907. The van der Waals surface area contributed by atoms with E-state index in [2.05, 4.69) is 21.2 Å². The van der Waals surface area contributed by atoms with Gasteiger partial charge in [-0.3, -0.25) is 13.9 Å². The minimum Gasteiger partial charge on any atom is -0.350 e. The Morgan fingerprint density at radius 1 is 1.09 bits per heavy atom. The van der Waals surface area contributed by atoms with Crippen molar-refractivity contribution in [2.24, 2.45) is 0 Å². The zero-order chi connectivity index (χ0) is 26.7. The molecule has 0 aliphatic carbocycles. The molecule has 0 radical (unpaired) electrons. The van der Waals surface area contributed by atoms with Gasteiger partial charge in [0.05, 0.1) is 22.0 Å². The summed E-state index contributed by atoms with van der Waals surface area (Å²) < 4.78 is 27.1. The Balaban J connectivity index is 2.45. The van der Waals surface area contributed by atoms with Crippen molar-refractivity contribution in [1.82, 2.24) is 10.2 Å². The van der Waals surface area contributed by atoms with Crippen molar-refractivity contribution in [3.05, 3.63) is 62.0 Å². The van der Waals surface area contributed by atoms with Crippen LogP contribution in [0.3, 0.4) is 0 Å². The molecule has 0 saturated heterocycles. The molecule has 0 bridgehead atoms. The fourth-order valence-electron chi connectivity index (χ4n) is 3.29. The highest BCUT2D eigenvalue weighted by Crippen LogP contribution is 2.26. The number of rotatable bonds is 8. The van der Waals surface area contributed by atoms with Crippen molar-refractivity contribution < 1.29 is 18.0 Å². The minimum atomic E-state index is -3.80. The summed E-state index contributed by atoms with van der Waals surface area (Å²) in [6.45, 7) is 8.49. The van der Waals surface area contributed by atoms with Crippen LogP contribution in [-0.2, 0) is 26.2 Å². The Hall–Kier alpha value is -1.81. The molecule has 2 rings (SSSR count). The molecule has 1 atom stereocenters. The maximum absolute atomic E-state index is 13.6. The fourth-order valence-corrected chi connectivity index (χ4v) is 4.70. The van der Waals surface area contributed by atoms with Gasteiger partial charge in [0.1, 0.15) is 12.6 Å². The maximum Gasteiger partial charge on any atom is 0.244 e. The molecule has 0 spiro atoms. The van der Waals surface area contributed by atoms with Crippen LogP contribution in [0.2, 0.25) is 10.0 Å². The smallest absolute Gasteiger partial charge is 0.244 e. The van der Waals surface area contributed by atoms with Crippen LogP contribution in [0.5, 0.6) is 0 Å². The van der Waals surface area contributed by atoms with E-state index in [0.29, 0.717) is 21.3 Å². The number of halogens is 3. The molecular weight excluding hydrogens is 577 g/mol. The quantitative estimate of drug-likeness (QED) is 0.449. The first-order chi connectivity index (χ1) is 16.0. The predicted octanol–water partition coefficient (Wildman–Crippen LogP) is 5.16. The third kappa shape index (κ3) is 8.37. The van der Waals surface area contributed by atoms with Crippen LogP contribution in [-0.4, -0.2) is 49.5 Å². The van der Waals surface area contributed by atoms with Crippen LogP contribution < -0.4 is 9.62 Å². The molecule has 1 unspecified atom stereocenters. The normalized spacial score (nSPS) is 12.7. The van der Waals surface area contributed by atoms with E-state index in [1.807, 2.05) is 27.7 Å². The van der Waals surface area contributed by atoms with Crippen molar-refractivity contribution >= 4 is 66.7 Å².